The number of carbonyl (C=O) groups is 1. The van der Waals surface area contributed by atoms with E-state index in [-0.39, 0.29) is 12.5 Å². The van der Waals surface area contributed by atoms with E-state index in [0.29, 0.717) is 18.1 Å². The minimum atomic E-state index is -0.242. The fourth-order valence-corrected chi connectivity index (χ4v) is 3.51. The highest BCUT2D eigenvalue weighted by atomic mass is 16.5. The zero-order valence-electron chi connectivity index (χ0n) is 20.4. The van der Waals surface area contributed by atoms with Crippen molar-refractivity contribution in [2.75, 3.05) is 23.5 Å². The van der Waals surface area contributed by atoms with Gasteiger partial charge >= 0.3 is 0 Å². The van der Waals surface area contributed by atoms with Gasteiger partial charge in [-0.1, -0.05) is 54.1 Å². The maximum Gasteiger partial charge on any atom is 0.262 e. The van der Waals surface area contributed by atoms with Gasteiger partial charge in [0.05, 0.1) is 24.2 Å². The molecule has 0 saturated carbocycles. The van der Waals surface area contributed by atoms with Gasteiger partial charge in [-0.3, -0.25) is 4.79 Å². The highest BCUT2D eigenvalue weighted by Gasteiger charge is 2.11. The number of carbonyl (C=O) groups excluding carboxylic acids is 1. The number of ether oxygens (including phenoxy) is 2. The van der Waals surface area contributed by atoms with E-state index in [1.165, 1.54) is 0 Å². The molecule has 0 saturated heterocycles. The SMILES string of the molecule is CCOc1cc(/C=N\N(c2ccccc2)c2ccccc2)ccc1OCC(=O)Nc1ccc(C)cc1. The maximum atomic E-state index is 12.4. The van der Waals surface area contributed by atoms with E-state index >= 15 is 0 Å². The predicted molar refractivity (Wildman–Crippen MR) is 146 cm³/mol. The molecule has 0 radical (unpaired) electrons. The van der Waals surface area contributed by atoms with Gasteiger partial charge in [0, 0.05) is 5.69 Å². The van der Waals surface area contributed by atoms with Crippen molar-refractivity contribution in [3.8, 4) is 11.5 Å². The number of anilines is 3. The van der Waals surface area contributed by atoms with E-state index in [1.54, 1.807) is 12.3 Å². The highest BCUT2D eigenvalue weighted by Crippen LogP contribution is 2.29. The molecule has 0 unspecified atom stereocenters. The zero-order chi connectivity index (χ0) is 25.2. The van der Waals surface area contributed by atoms with Crippen molar-refractivity contribution >= 4 is 29.2 Å². The number of aryl methyl sites for hydroxylation is 1. The topological polar surface area (TPSA) is 63.2 Å². The van der Waals surface area contributed by atoms with Crippen molar-refractivity contribution in [2.24, 2.45) is 5.10 Å². The Balaban J connectivity index is 1.48. The van der Waals surface area contributed by atoms with Gasteiger partial charge in [-0.25, -0.2) is 5.01 Å². The third kappa shape index (κ3) is 6.73. The van der Waals surface area contributed by atoms with E-state index in [2.05, 4.69) is 5.32 Å². The Morgan fingerprint density at radius 2 is 1.47 bits per heavy atom. The molecule has 0 aromatic heterocycles. The van der Waals surface area contributed by atoms with Crippen LogP contribution in [0.25, 0.3) is 0 Å². The summed E-state index contributed by atoms with van der Waals surface area (Å²) in [4.78, 5) is 12.4. The van der Waals surface area contributed by atoms with Crippen LogP contribution in [0.15, 0.2) is 108 Å². The average Bonchev–Trinajstić information content (AvgIpc) is 2.91. The predicted octanol–water partition coefficient (Wildman–Crippen LogP) is 6.58. The molecule has 1 N–H and O–H groups in total. The average molecular weight is 480 g/mol. The summed E-state index contributed by atoms with van der Waals surface area (Å²) < 4.78 is 11.6. The largest absolute Gasteiger partial charge is 0.490 e. The van der Waals surface area contributed by atoms with Crippen molar-refractivity contribution in [2.45, 2.75) is 13.8 Å². The van der Waals surface area contributed by atoms with Crippen LogP contribution in [0.2, 0.25) is 0 Å². The Bertz CT molecular complexity index is 1250. The second-order valence-corrected chi connectivity index (χ2v) is 8.07. The molecular weight excluding hydrogens is 450 g/mol. The van der Waals surface area contributed by atoms with Crippen molar-refractivity contribution in [1.82, 2.24) is 0 Å². The monoisotopic (exact) mass is 479 g/mol. The van der Waals surface area contributed by atoms with E-state index in [1.807, 2.05) is 116 Å². The summed E-state index contributed by atoms with van der Waals surface area (Å²) in [6.45, 7) is 4.24. The molecule has 4 aromatic rings. The molecule has 0 aliphatic heterocycles. The standard InChI is InChI=1S/C30H29N3O3/c1-3-35-29-20-24(16-19-28(29)36-22-30(34)32-25-17-14-23(2)15-18-25)21-31-33(26-10-6-4-7-11-26)27-12-8-5-9-13-27/h4-21H,3,22H2,1-2H3,(H,32,34)/b31-21-. The first-order valence-electron chi connectivity index (χ1n) is 11.8. The lowest BCUT2D eigenvalue weighted by Crippen LogP contribution is -2.20. The van der Waals surface area contributed by atoms with E-state index < -0.39 is 0 Å². The molecule has 0 aliphatic rings. The molecule has 0 heterocycles. The number of nitrogens with one attached hydrogen (secondary N) is 1. The normalized spacial score (nSPS) is 10.7. The second-order valence-electron chi connectivity index (χ2n) is 8.07. The van der Waals surface area contributed by atoms with Gasteiger partial charge in [-0.2, -0.15) is 5.10 Å². The summed E-state index contributed by atoms with van der Waals surface area (Å²) in [6.07, 6.45) is 1.77. The number of nitrogens with zero attached hydrogens (tertiary/aromatic N) is 2. The summed E-state index contributed by atoms with van der Waals surface area (Å²) >= 11 is 0. The van der Waals surface area contributed by atoms with Crippen molar-refractivity contribution in [1.29, 1.82) is 0 Å². The van der Waals surface area contributed by atoms with Gasteiger partial charge in [-0.15, -0.1) is 0 Å². The fourth-order valence-electron chi connectivity index (χ4n) is 3.51. The van der Waals surface area contributed by atoms with Gasteiger partial charge in [0.2, 0.25) is 0 Å². The molecule has 6 nitrogen and oxygen atoms in total. The van der Waals surface area contributed by atoms with Crippen molar-refractivity contribution < 1.29 is 14.3 Å². The summed E-state index contributed by atoms with van der Waals surface area (Å²) in [7, 11) is 0. The molecule has 0 atom stereocenters. The molecular formula is C30H29N3O3. The number of para-hydroxylation sites is 2. The lowest BCUT2D eigenvalue weighted by atomic mass is 10.2. The molecule has 0 bridgehead atoms. The van der Waals surface area contributed by atoms with Crippen LogP contribution in [0.5, 0.6) is 11.5 Å². The summed E-state index contributed by atoms with van der Waals surface area (Å²) in [5, 5.41) is 9.45. The summed E-state index contributed by atoms with van der Waals surface area (Å²) in [6, 6.07) is 33.1. The first-order valence-corrected chi connectivity index (χ1v) is 11.8. The number of hydrazone groups is 1. The molecule has 6 heteroatoms. The number of rotatable bonds is 10. The van der Waals surface area contributed by atoms with Crippen LogP contribution in [0.3, 0.4) is 0 Å². The molecule has 1 amide bonds. The first-order chi connectivity index (χ1) is 17.6. The van der Waals surface area contributed by atoms with Crippen LogP contribution in [0.4, 0.5) is 17.1 Å². The number of hydrogen-bond acceptors (Lipinski definition) is 5. The minimum absolute atomic E-state index is 0.128. The smallest absolute Gasteiger partial charge is 0.262 e. The van der Waals surface area contributed by atoms with E-state index in [9.17, 15) is 4.79 Å². The molecule has 0 fully saturated rings. The van der Waals surface area contributed by atoms with E-state index in [4.69, 9.17) is 14.6 Å². The third-order valence-electron chi connectivity index (χ3n) is 5.29. The van der Waals surface area contributed by atoms with E-state index in [0.717, 1.165) is 28.2 Å². The Morgan fingerprint density at radius 3 is 2.08 bits per heavy atom. The number of benzene rings is 4. The van der Waals surface area contributed by atoms with Crippen LogP contribution in [-0.2, 0) is 4.79 Å². The van der Waals surface area contributed by atoms with Crippen LogP contribution in [-0.4, -0.2) is 25.3 Å². The summed E-state index contributed by atoms with van der Waals surface area (Å²) in [5.41, 5.74) is 4.60. The van der Waals surface area contributed by atoms with Crippen LogP contribution in [0.1, 0.15) is 18.1 Å². The molecule has 182 valence electrons. The Morgan fingerprint density at radius 1 is 0.833 bits per heavy atom. The second kappa shape index (κ2) is 12.2. The third-order valence-corrected chi connectivity index (χ3v) is 5.29. The quantitative estimate of drug-likeness (QED) is 0.206. The molecule has 0 spiro atoms. The molecule has 0 aliphatic carbocycles. The van der Waals surface area contributed by atoms with Crippen LogP contribution < -0.4 is 19.8 Å². The van der Waals surface area contributed by atoms with Gasteiger partial charge in [0.1, 0.15) is 0 Å². The Hall–Kier alpha value is -4.58. The molecule has 4 rings (SSSR count). The zero-order valence-corrected chi connectivity index (χ0v) is 20.4. The van der Waals surface area contributed by atoms with Crippen LogP contribution in [0, 0.1) is 6.92 Å². The fraction of sp³-hybridized carbons (Fsp3) is 0.133. The Labute approximate surface area is 211 Å². The van der Waals surface area contributed by atoms with Gasteiger partial charge < -0.3 is 14.8 Å². The minimum Gasteiger partial charge on any atom is -0.490 e. The highest BCUT2D eigenvalue weighted by molar-refractivity contribution is 5.92. The lowest BCUT2D eigenvalue weighted by molar-refractivity contribution is -0.118. The van der Waals surface area contributed by atoms with Gasteiger partial charge in [0.15, 0.2) is 18.1 Å². The maximum absolute atomic E-state index is 12.4. The summed E-state index contributed by atoms with van der Waals surface area (Å²) in [5.74, 6) is 0.805. The van der Waals surface area contributed by atoms with Gasteiger partial charge in [0.25, 0.3) is 5.91 Å². The van der Waals surface area contributed by atoms with Crippen LogP contribution >= 0.6 is 0 Å². The lowest BCUT2D eigenvalue weighted by Gasteiger charge is -2.19. The Kier molecular flexibility index (Phi) is 8.33. The van der Waals surface area contributed by atoms with Crippen molar-refractivity contribution in [3.63, 3.8) is 0 Å². The number of hydrogen-bond donors (Lipinski definition) is 1. The first kappa shape index (κ1) is 24.5. The number of amides is 1. The van der Waals surface area contributed by atoms with Crippen molar-refractivity contribution in [3.05, 3.63) is 114 Å². The van der Waals surface area contributed by atoms with Gasteiger partial charge in [-0.05, 0) is 74.0 Å². The molecule has 4 aromatic carbocycles. The molecule has 36 heavy (non-hydrogen) atoms.